The number of ether oxygens (including phenoxy) is 1. The summed E-state index contributed by atoms with van der Waals surface area (Å²) in [5, 5.41) is 2.82. The van der Waals surface area contributed by atoms with Crippen LogP contribution < -0.4 is 5.32 Å². The lowest BCUT2D eigenvalue weighted by molar-refractivity contribution is -0.110. The minimum absolute atomic E-state index is 0.0120. The van der Waals surface area contributed by atoms with E-state index in [4.69, 9.17) is 4.74 Å². The van der Waals surface area contributed by atoms with Crippen LogP contribution in [-0.2, 0) is 25.8 Å². The smallest absolute Gasteiger partial charge is 0.340 e. The second-order valence-electron chi connectivity index (χ2n) is 7.12. The van der Waals surface area contributed by atoms with E-state index in [0.717, 1.165) is 16.8 Å². The highest BCUT2D eigenvalue weighted by molar-refractivity contribution is 7.91. The molecule has 1 aliphatic heterocycles. The van der Waals surface area contributed by atoms with Crippen LogP contribution >= 0.6 is 0 Å². The summed E-state index contributed by atoms with van der Waals surface area (Å²) in [5.41, 5.74) is 5.26. The molecule has 2 aromatic rings. The molecule has 0 spiro atoms. The van der Waals surface area contributed by atoms with Gasteiger partial charge in [-0.1, -0.05) is 6.92 Å². The molecule has 0 unspecified atom stereocenters. The molecule has 8 heteroatoms. The Morgan fingerprint density at radius 2 is 1.97 bits per heavy atom. The third-order valence-electron chi connectivity index (χ3n) is 5.47. The van der Waals surface area contributed by atoms with E-state index >= 15 is 0 Å². The van der Waals surface area contributed by atoms with Crippen molar-refractivity contribution in [1.29, 1.82) is 0 Å². The van der Waals surface area contributed by atoms with Crippen LogP contribution in [0.25, 0.3) is 11.1 Å². The van der Waals surface area contributed by atoms with Gasteiger partial charge in [0, 0.05) is 22.6 Å². The zero-order valence-corrected chi connectivity index (χ0v) is 17.3. The van der Waals surface area contributed by atoms with Crippen molar-refractivity contribution in [3.63, 3.8) is 0 Å². The maximum atomic E-state index is 12.8. The average molecular weight is 414 g/mol. The zero-order chi connectivity index (χ0) is 20.9. The highest BCUT2D eigenvalue weighted by Crippen LogP contribution is 2.44. The number of nitrogens with one attached hydrogen (secondary N) is 2. The largest absolute Gasteiger partial charge is 0.462 e. The van der Waals surface area contributed by atoms with Gasteiger partial charge in [0.25, 0.3) is 5.91 Å². The van der Waals surface area contributed by atoms with Gasteiger partial charge in [-0.05, 0) is 56.0 Å². The van der Waals surface area contributed by atoms with Crippen LogP contribution in [0, 0.1) is 6.92 Å². The van der Waals surface area contributed by atoms with Gasteiger partial charge >= 0.3 is 5.97 Å². The minimum Gasteiger partial charge on any atom is -0.462 e. The number of rotatable bonds is 4. The fraction of sp³-hybridized carbons (Fsp3) is 0.333. The maximum absolute atomic E-state index is 12.8. The first-order chi connectivity index (χ1) is 13.8. The van der Waals surface area contributed by atoms with Crippen molar-refractivity contribution in [2.24, 2.45) is 0 Å². The van der Waals surface area contributed by atoms with Crippen molar-refractivity contribution >= 4 is 38.5 Å². The molecule has 1 aromatic carbocycles. The van der Waals surface area contributed by atoms with Crippen LogP contribution in [-0.4, -0.2) is 37.6 Å². The molecule has 0 bridgehead atoms. The van der Waals surface area contributed by atoms with E-state index in [0.29, 0.717) is 40.9 Å². The van der Waals surface area contributed by atoms with Crippen molar-refractivity contribution < 1.29 is 22.7 Å². The Labute approximate surface area is 169 Å². The quantitative estimate of drug-likeness (QED) is 0.591. The Balaban J connectivity index is 1.88. The van der Waals surface area contributed by atoms with Gasteiger partial charge in [-0.3, -0.25) is 4.79 Å². The van der Waals surface area contributed by atoms with E-state index in [1.807, 2.05) is 0 Å². The van der Waals surface area contributed by atoms with E-state index in [2.05, 4.69) is 10.3 Å². The molecule has 1 amide bonds. The lowest BCUT2D eigenvalue weighted by Crippen LogP contribution is -2.07. The Kier molecular flexibility index (Phi) is 4.61. The molecule has 0 fully saturated rings. The van der Waals surface area contributed by atoms with E-state index in [-0.39, 0.29) is 29.1 Å². The second-order valence-corrected chi connectivity index (χ2v) is 9.40. The number of carbonyl (C=O) groups excluding carboxylic acids is 2. The molecule has 1 aliphatic carbocycles. The van der Waals surface area contributed by atoms with Gasteiger partial charge in [-0.25, -0.2) is 13.2 Å². The first kappa shape index (κ1) is 19.4. The predicted molar refractivity (Wildman–Crippen MR) is 109 cm³/mol. The van der Waals surface area contributed by atoms with E-state index in [1.54, 1.807) is 32.9 Å². The first-order valence-corrected chi connectivity index (χ1v) is 11.2. The topological polar surface area (TPSA) is 105 Å². The van der Waals surface area contributed by atoms with E-state index in [1.165, 1.54) is 6.07 Å². The Morgan fingerprint density at radius 3 is 2.66 bits per heavy atom. The average Bonchev–Trinajstić information content (AvgIpc) is 3.31. The monoisotopic (exact) mass is 414 g/mol. The lowest BCUT2D eigenvalue weighted by atomic mass is 9.99. The van der Waals surface area contributed by atoms with E-state index < -0.39 is 9.84 Å². The van der Waals surface area contributed by atoms with Crippen molar-refractivity contribution in [2.45, 2.75) is 38.5 Å². The molecule has 0 saturated carbocycles. The van der Waals surface area contributed by atoms with Gasteiger partial charge in [0.2, 0.25) is 0 Å². The van der Waals surface area contributed by atoms with Crippen molar-refractivity contribution in [3.8, 4) is 0 Å². The van der Waals surface area contributed by atoms with Gasteiger partial charge in [-0.15, -0.1) is 0 Å². The highest BCUT2D eigenvalue weighted by atomic mass is 32.2. The number of aromatic nitrogens is 1. The van der Waals surface area contributed by atoms with Crippen molar-refractivity contribution in [1.82, 2.24) is 4.98 Å². The molecule has 2 heterocycles. The van der Waals surface area contributed by atoms with Crippen LogP contribution in [0.15, 0.2) is 23.1 Å². The number of sulfone groups is 1. The zero-order valence-electron chi connectivity index (χ0n) is 16.5. The predicted octanol–water partition coefficient (Wildman–Crippen LogP) is 3.10. The van der Waals surface area contributed by atoms with Crippen LogP contribution in [0.2, 0.25) is 0 Å². The lowest BCUT2D eigenvalue weighted by Gasteiger charge is -2.07. The summed E-state index contributed by atoms with van der Waals surface area (Å²) in [6.45, 7) is 5.44. The number of benzene rings is 1. The fourth-order valence-corrected chi connectivity index (χ4v) is 5.00. The number of hydrogen-bond donors (Lipinski definition) is 2. The van der Waals surface area contributed by atoms with Crippen molar-refractivity contribution in [2.75, 3.05) is 17.7 Å². The molecule has 1 aromatic heterocycles. The summed E-state index contributed by atoms with van der Waals surface area (Å²) in [6, 6.07) is 4.71. The number of aryl methyl sites for hydroxylation is 1. The summed E-state index contributed by atoms with van der Waals surface area (Å²) in [7, 11) is -3.40. The molecule has 152 valence electrons. The summed E-state index contributed by atoms with van der Waals surface area (Å²) in [6.07, 6.45) is 1.20. The van der Waals surface area contributed by atoms with E-state index in [9.17, 15) is 18.0 Å². The van der Waals surface area contributed by atoms with Crippen LogP contribution in [0.4, 0.5) is 5.69 Å². The molecule has 0 atom stereocenters. The van der Waals surface area contributed by atoms with Crippen LogP contribution in [0.3, 0.4) is 0 Å². The standard InChI is InChI=1S/C21H22N2O5S/c1-4-28-21(25)17-11(3)22-19-13(17)7-8-14(19)18-15-10-12(29(26,27)5-2)6-9-16(15)23-20(18)24/h6,9-10,22H,4-5,7-8H2,1-3H3,(H,23,24)/b18-14-. The third kappa shape index (κ3) is 2.98. The second kappa shape index (κ2) is 6.88. The number of esters is 1. The summed E-state index contributed by atoms with van der Waals surface area (Å²) < 4.78 is 29.8. The molecule has 0 saturated heterocycles. The molecule has 2 aliphatic rings. The highest BCUT2D eigenvalue weighted by Gasteiger charge is 2.35. The fourth-order valence-electron chi connectivity index (χ4n) is 4.09. The normalized spacial score (nSPS) is 17.8. The van der Waals surface area contributed by atoms with Crippen LogP contribution in [0.1, 0.15) is 53.1 Å². The number of amides is 1. The van der Waals surface area contributed by atoms with Gasteiger partial charge < -0.3 is 15.0 Å². The Hall–Kier alpha value is -2.87. The number of carbonyl (C=O) groups is 2. The summed E-state index contributed by atoms with van der Waals surface area (Å²) in [5.74, 6) is -0.651. The number of H-pyrrole nitrogens is 1. The molecular formula is C21H22N2O5S. The van der Waals surface area contributed by atoms with Crippen LogP contribution in [0.5, 0.6) is 0 Å². The summed E-state index contributed by atoms with van der Waals surface area (Å²) in [4.78, 5) is 28.6. The number of allylic oxidation sites excluding steroid dienone is 1. The Morgan fingerprint density at radius 1 is 1.21 bits per heavy atom. The SMILES string of the molecule is CCOC(=O)c1c(C)[nH]c2c1CC/C2=C1/C(=O)Nc2ccc(S(=O)(=O)CC)cc21. The van der Waals surface area contributed by atoms with Gasteiger partial charge in [-0.2, -0.15) is 0 Å². The first-order valence-electron chi connectivity index (χ1n) is 9.59. The van der Waals surface area contributed by atoms with Crippen molar-refractivity contribution in [3.05, 3.63) is 46.3 Å². The molecular weight excluding hydrogens is 392 g/mol. The number of hydrogen-bond acceptors (Lipinski definition) is 5. The summed E-state index contributed by atoms with van der Waals surface area (Å²) >= 11 is 0. The number of aromatic amines is 1. The van der Waals surface area contributed by atoms with Gasteiger partial charge in [0.1, 0.15) is 0 Å². The van der Waals surface area contributed by atoms with Gasteiger partial charge in [0.15, 0.2) is 9.84 Å². The molecule has 4 rings (SSSR count). The molecule has 29 heavy (non-hydrogen) atoms. The molecule has 0 radical (unpaired) electrons. The number of fused-ring (bicyclic) bond motifs is 2. The molecule has 2 N–H and O–H groups in total. The maximum Gasteiger partial charge on any atom is 0.340 e. The van der Waals surface area contributed by atoms with Gasteiger partial charge in [0.05, 0.1) is 28.4 Å². The minimum atomic E-state index is -3.40. The third-order valence-corrected chi connectivity index (χ3v) is 7.21. The Bertz CT molecular complexity index is 1190. The number of anilines is 1. The molecule has 7 nitrogen and oxygen atoms in total.